The zero-order valence-electron chi connectivity index (χ0n) is 16.0. The summed E-state index contributed by atoms with van der Waals surface area (Å²) in [7, 11) is 0. The quantitative estimate of drug-likeness (QED) is 0.776. The van der Waals surface area contributed by atoms with Gasteiger partial charge in [-0.05, 0) is 31.2 Å². The third-order valence-electron chi connectivity index (χ3n) is 5.14. The van der Waals surface area contributed by atoms with Gasteiger partial charge in [0.2, 0.25) is 0 Å². The predicted molar refractivity (Wildman–Crippen MR) is 106 cm³/mol. The Hall–Kier alpha value is -3.23. The van der Waals surface area contributed by atoms with E-state index in [2.05, 4.69) is 21.6 Å². The Kier molecular flexibility index (Phi) is 5.04. The molecule has 29 heavy (non-hydrogen) atoms. The van der Waals surface area contributed by atoms with Gasteiger partial charge in [-0.15, -0.1) is 0 Å². The summed E-state index contributed by atoms with van der Waals surface area (Å²) in [5.41, 5.74) is 1.61. The summed E-state index contributed by atoms with van der Waals surface area (Å²) in [6, 6.07) is 3.71. The summed E-state index contributed by atoms with van der Waals surface area (Å²) in [4.78, 5) is 20.0. The number of nitrogens with zero attached hydrogens (tertiary/aromatic N) is 5. The van der Waals surface area contributed by atoms with Crippen molar-refractivity contribution in [3.05, 3.63) is 54.4 Å². The molecule has 9 heteroatoms. The lowest BCUT2D eigenvalue weighted by molar-refractivity contribution is 0.157. The molecule has 2 fully saturated rings. The monoisotopic (exact) mass is 401 g/mol. The normalized spacial score (nSPS) is 22.2. The molecular weight excluding hydrogens is 380 g/mol. The van der Waals surface area contributed by atoms with Crippen molar-refractivity contribution in [2.45, 2.75) is 19.4 Å². The molecule has 0 N–H and O–H groups in total. The Morgan fingerprint density at radius 3 is 2.97 bits per heavy atom. The van der Waals surface area contributed by atoms with Gasteiger partial charge < -0.3 is 9.64 Å². The summed E-state index contributed by atoms with van der Waals surface area (Å²) in [5.74, 6) is 0.747. The summed E-state index contributed by atoms with van der Waals surface area (Å²) in [6.07, 6.45) is 3.35. The van der Waals surface area contributed by atoms with E-state index in [1.165, 1.54) is 17.2 Å². The molecule has 0 saturated carbocycles. The molecule has 1 unspecified atom stereocenters. The van der Waals surface area contributed by atoms with E-state index in [9.17, 15) is 13.6 Å². The Morgan fingerprint density at radius 1 is 1.38 bits per heavy atom. The number of aromatic nitrogens is 1. The summed E-state index contributed by atoms with van der Waals surface area (Å²) in [6.45, 7) is 7.94. The number of carbonyl (C=O) groups excluding carboxylic acids is 1. The van der Waals surface area contributed by atoms with E-state index >= 15 is 0 Å². The lowest BCUT2D eigenvalue weighted by Gasteiger charge is -2.36. The minimum atomic E-state index is -2.67. The average Bonchev–Trinajstić information content (AvgIpc) is 3.10. The van der Waals surface area contributed by atoms with Crippen molar-refractivity contribution in [1.82, 2.24) is 14.9 Å². The molecule has 0 bridgehead atoms. The molecule has 4 heterocycles. The standard InChI is InChI=1S/C20H21F2N5O2/c1-3-17(27-13(2)4-5-16(24-27)19(21)22)14-6-7-23-18(10-14)25-8-9-26-15(11-25)12-29-20(26)28/h3-7,10,15,19H,2,8-9,11-12H2,1H3/b17-3-. The predicted octanol–water partition coefficient (Wildman–Crippen LogP) is 3.09. The molecule has 2 saturated heterocycles. The number of hydrogen-bond donors (Lipinski definition) is 0. The fraction of sp³-hybridized carbons (Fsp3) is 0.350. The Morgan fingerprint density at radius 2 is 2.21 bits per heavy atom. The Balaban J connectivity index is 1.58. The van der Waals surface area contributed by atoms with Crippen LogP contribution in [0, 0.1) is 0 Å². The van der Waals surface area contributed by atoms with Crippen LogP contribution < -0.4 is 4.90 Å². The molecule has 0 spiro atoms. The van der Waals surface area contributed by atoms with Crippen molar-refractivity contribution >= 4 is 23.3 Å². The number of anilines is 1. The number of allylic oxidation sites excluding steroid dienone is 3. The minimum Gasteiger partial charge on any atom is -0.447 e. The number of cyclic esters (lactones) is 1. The molecule has 1 atom stereocenters. The number of fused-ring (bicyclic) bond motifs is 1. The number of hydrazone groups is 1. The highest BCUT2D eigenvalue weighted by molar-refractivity contribution is 5.99. The van der Waals surface area contributed by atoms with Gasteiger partial charge in [0.1, 0.15) is 18.1 Å². The van der Waals surface area contributed by atoms with Gasteiger partial charge in [0.25, 0.3) is 6.43 Å². The smallest absolute Gasteiger partial charge is 0.410 e. The van der Waals surface area contributed by atoms with Gasteiger partial charge in [-0.2, -0.15) is 5.10 Å². The summed E-state index contributed by atoms with van der Waals surface area (Å²) < 4.78 is 31.4. The lowest BCUT2D eigenvalue weighted by atomic mass is 10.1. The first-order valence-electron chi connectivity index (χ1n) is 9.32. The molecular formula is C20H21F2N5O2. The first-order chi connectivity index (χ1) is 14.0. The molecule has 4 rings (SSSR count). The van der Waals surface area contributed by atoms with Gasteiger partial charge in [0, 0.05) is 31.4 Å². The zero-order chi connectivity index (χ0) is 20.5. The fourth-order valence-electron chi connectivity index (χ4n) is 3.65. The molecule has 0 aliphatic carbocycles. The number of amides is 1. The SMILES string of the molecule is C=C1C=CC(C(F)F)=NN1/C(=C\C)c1ccnc(N2CCN3C(=O)OCC3C2)c1. The molecule has 1 amide bonds. The number of carbonyl (C=O) groups is 1. The molecule has 3 aliphatic rings. The number of halogens is 2. The van der Waals surface area contributed by atoms with E-state index in [1.54, 1.807) is 23.2 Å². The maximum absolute atomic E-state index is 13.1. The van der Waals surface area contributed by atoms with E-state index in [1.807, 2.05) is 13.0 Å². The second-order valence-corrected chi connectivity index (χ2v) is 6.91. The van der Waals surface area contributed by atoms with Crippen molar-refractivity contribution in [2.24, 2.45) is 5.10 Å². The van der Waals surface area contributed by atoms with Gasteiger partial charge in [-0.3, -0.25) is 4.90 Å². The molecule has 0 radical (unpaired) electrons. The van der Waals surface area contributed by atoms with E-state index < -0.39 is 6.43 Å². The van der Waals surface area contributed by atoms with Crippen LogP contribution >= 0.6 is 0 Å². The van der Waals surface area contributed by atoms with Crippen molar-refractivity contribution in [3.63, 3.8) is 0 Å². The molecule has 7 nitrogen and oxygen atoms in total. The summed E-state index contributed by atoms with van der Waals surface area (Å²) >= 11 is 0. The van der Waals surface area contributed by atoms with Crippen LogP contribution in [-0.2, 0) is 4.74 Å². The van der Waals surface area contributed by atoms with E-state index in [0.29, 0.717) is 37.6 Å². The fourth-order valence-corrected chi connectivity index (χ4v) is 3.65. The first-order valence-corrected chi connectivity index (χ1v) is 9.32. The van der Waals surface area contributed by atoms with Crippen molar-refractivity contribution in [1.29, 1.82) is 0 Å². The van der Waals surface area contributed by atoms with Crippen LogP contribution in [0.3, 0.4) is 0 Å². The largest absolute Gasteiger partial charge is 0.447 e. The third-order valence-corrected chi connectivity index (χ3v) is 5.14. The van der Waals surface area contributed by atoms with Gasteiger partial charge in [0.15, 0.2) is 0 Å². The molecule has 152 valence electrons. The first kappa shape index (κ1) is 19.1. The molecule has 0 aromatic carbocycles. The van der Waals surface area contributed by atoms with Gasteiger partial charge in [0.05, 0.1) is 17.4 Å². The van der Waals surface area contributed by atoms with Crippen LogP contribution in [0.25, 0.3) is 5.70 Å². The van der Waals surface area contributed by atoms with Crippen molar-refractivity contribution < 1.29 is 18.3 Å². The number of alkyl halides is 2. The van der Waals surface area contributed by atoms with Crippen LogP contribution in [-0.4, -0.2) is 65.4 Å². The number of rotatable bonds is 4. The van der Waals surface area contributed by atoms with E-state index in [4.69, 9.17) is 4.74 Å². The van der Waals surface area contributed by atoms with E-state index in [-0.39, 0.29) is 17.8 Å². The Bertz CT molecular complexity index is 927. The Labute approximate surface area is 167 Å². The third kappa shape index (κ3) is 3.59. The van der Waals surface area contributed by atoms with Crippen LogP contribution in [0.15, 0.2) is 53.9 Å². The lowest BCUT2D eigenvalue weighted by Crippen LogP contribution is -2.52. The highest BCUT2D eigenvalue weighted by atomic mass is 19.3. The van der Waals surface area contributed by atoms with Crippen LogP contribution in [0.2, 0.25) is 0 Å². The highest BCUT2D eigenvalue weighted by Crippen LogP contribution is 2.29. The molecule has 1 aromatic rings. The van der Waals surface area contributed by atoms with Gasteiger partial charge in [-0.1, -0.05) is 12.7 Å². The highest BCUT2D eigenvalue weighted by Gasteiger charge is 2.37. The average molecular weight is 401 g/mol. The van der Waals surface area contributed by atoms with Crippen molar-refractivity contribution in [3.8, 4) is 0 Å². The van der Waals surface area contributed by atoms with Crippen LogP contribution in [0.1, 0.15) is 12.5 Å². The van der Waals surface area contributed by atoms with E-state index in [0.717, 1.165) is 11.4 Å². The molecule has 3 aliphatic heterocycles. The maximum atomic E-state index is 13.1. The van der Waals surface area contributed by atoms with Gasteiger partial charge in [-0.25, -0.2) is 23.6 Å². The second-order valence-electron chi connectivity index (χ2n) is 6.91. The van der Waals surface area contributed by atoms with Crippen molar-refractivity contribution in [2.75, 3.05) is 31.1 Å². The van der Waals surface area contributed by atoms with Crippen LogP contribution in [0.4, 0.5) is 19.4 Å². The summed E-state index contributed by atoms with van der Waals surface area (Å²) in [5, 5.41) is 5.47. The minimum absolute atomic E-state index is 0.00750. The number of hydrogen-bond acceptors (Lipinski definition) is 6. The number of ether oxygens (including phenoxy) is 1. The number of piperazine rings is 1. The number of pyridine rings is 1. The topological polar surface area (TPSA) is 61.3 Å². The second kappa shape index (κ2) is 7.65. The van der Waals surface area contributed by atoms with Crippen LogP contribution in [0.5, 0.6) is 0 Å². The maximum Gasteiger partial charge on any atom is 0.410 e. The van der Waals surface area contributed by atoms with Gasteiger partial charge >= 0.3 is 6.09 Å². The molecule has 1 aromatic heterocycles. The zero-order valence-corrected chi connectivity index (χ0v) is 16.0.